The van der Waals surface area contributed by atoms with E-state index in [1.807, 2.05) is 20.8 Å². The van der Waals surface area contributed by atoms with Gasteiger partial charge in [-0.25, -0.2) is 4.98 Å². The molecule has 80 valence electrons. The molecular formula is C10H13N3OS. The number of aromatic nitrogens is 3. The summed E-state index contributed by atoms with van der Waals surface area (Å²) < 4.78 is 1.66. The molecule has 0 saturated carbocycles. The minimum absolute atomic E-state index is 0.254. The number of carbonyl (C=O) groups excluding carboxylic acids is 1. The highest BCUT2D eigenvalue weighted by Crippen LogP contribution is 2.23. The van der Waals surface area contributed by atoms with E-state index in [9.17, 15) is 4.79 Å². The van der Waals surface area contributed by atoms with Gasteiger partial charge < -0.3 is 0 Å². The van der Waals surface area contributed by atoms with Gasteiger partial charge in [-0.3, -0.25) is 4.79 Å². The van der Waals surface area contributed by atoms with Crippen LogP contribution in [0.1, 0.15) is 47.9 Å². The molecule has 2 rings (SSSR count). The van der Waals surface area contributed by atoms with Crippen LogP contribution in [0.15, 0.2) is 0 Å². The highest BCUT2D eigenvalue weighted by Gasteiger charge is 2.17. The number of aryl methyl sites for hydroxylation is 1. The zero-order valence-electron chi connectivity index (χ0n) is 9.02. The third-order valence-electron chi connectivity index (χ3n) is 2.27. The molecule has 0 bridgehead atoms. The predicted molar refractivity (Wildman–Crippen MR) is 59.7 cm³/mol. The molecule has 0 aliphatic carbocycles. The Morgan fingerprint density at radius 2 is 2.27 bits per heavy atom. The molecule has 0 fully saturated rings. The van der Waals surface area contributed by atoms with Gasteiger partial charge >= 0.3 is 0 Å². The summed E-state index contributed by atoms with van der Waals surface area (Å²) in [5.41, 5.74) is 1.43. The molecule has 0 atom stereocenters. The second-order valence-electron chi connectivity index (χ2n) is 3.70. The fraction of sp³-hybridized carbons (Fsp3) is 0.500. The molecule has 0 N–H and O–H groups in total. The van der Waals surface area contributed by atoms with Crippen LogP contribution in [-0.4, -0.2) is 20.9 Å². The van der Waals surface area contributed by atoms with Gasteiger partial charge in [-0.15, -0.1) is 0 Å². The zero-order valence-corrected chi connectivity index (χ0v) is 9.84. The average Bonchev–Trinajstić information content (AvgIpc) is 2.72. The zero-order chi connectivity index (χ0) is 11.0. The van der Waals surface area contributed by atoms with Crippen LogP contribution in [0.25, 0.3) is 4.96 Å². The minimum Gasteiger partial charge on any atom is -0.296 e. The van der Waals surface area contributed by atoms with Crippen LogP contribution in [0.4, 0.5) is 0 Å². The van der Waals surface area contributed by atoms with Gasteiger partial charge in [0, 0.05) is 0 Å². The maximum Gasteiger partial charge on any atom is 0.213 e. The lowest BCUT2D eigenvalue weighted by Gasteiger charge is -1.99. The lowest BCUT2D eigenvalue weighted by atomic mass is 10.1. The van der Waals surface area contributed by atoms with E-state index < -0.39 is 0 Å². The maximum absolute atomic E-state index is 11.0. The quantitative estimate of drug-likeness (QED) is 0.750. The molecule has 15 heavy (non-hydrogen) atoms. The highest BCUT2D eigenvalue weighted by atomic mass is 32.1. The summed E-state index contributed by atoms with van der Waals surface area (Å²) in [5, 5.41) is 5.36. The number of fused-ring (bicyclic) bond motifs is 1. The predicted octanol–water partition coefficient (Wildman–Crippen LogP) is 2.29. The average molecular weight is 223 g/mol. The van der Waals surface area contributed by atoms with Crippen molar-refractivity contribution in [2.24, 2.45) is 0 Å². The van der Waals surface area contributed by atoms with Gasteiger partial charge in [-0.2, -0.15) is 9.61 Å². The number of imidazole rings is 1. The van der Waals surface area contributed by atoms with E-state index in [0.717, 1.165) is 28.4 Å². The molecular weight excluding hydrogens is 210 g/mol. The van der Waals surface area contributed by atoms with Crippen molar-refractivity contribution in [1.29, 1.82) is 0 Å². The molecule has 0 saturated heterocycles. The Labute approximate surface area is 91.9 Å². The Kier molecular flexibility index (Phi) is 2.56. The highest BCUT2D eigenvalue weighted by molar-refractivity contribution is 7.16. The molecule has 4 nitrogen and oxygen atoms in total. The van der Waals surface area contributed by atoms with Crippen LogP contribution in [0.2, 0.25) is 0 Å². The lowest BCUT2D eigenvalue weighted by molar-refractivity contribution is 0.111. The van der Waals surface area contributed by atoms with Gasteiger partial charge in [0.2, 0.25) is 4.96 Å². The molecule has 0 radical (unpaired) electrons. The van der Waals surface area contributed by atoms with E-state index in [4.69, 9.17) is 0 Å². The molecule has 2 heterocycles. The van der Waals surface area contributed by atoms with E-state index in [2.05, 4.69) is 10.1 Å². The van der Waals surface area contributed by atoms with Gasteiger partial charge in [0.25, 0.3) is 0 Å². The number of hydrogen-bond donors (Lipinski definition) is 0. The molecule has 2 aromatic heterocycles. The molecule has 0 aromatic carbocycles. The van der Waals surface area contributed by atoms with E-state index in [-0.39, 0.29) is 5.92 Å². The van der Waals surface area contributed by atoms with Crippen LogP contribution < -0.4 is 0 Å². The van der Waals surface area contributed by atoms with Gasteiger partial charge in [-0.1, -0.05) is 32.1 Å². The van der Waals surface area contributed by atoms with E-state index in [0.29, 0.717) is 5.69 Å². The number of nitrogens with zero attached hydrogens (tertiary/aromatic N) is 3. The SMILES string of the molecule is CCc1nn2c(C=O)c(C(C)C)nc2s1. The summed E-state index contributed by atoms with van der Waals surface area (Å²) in [6.07, 6.45) is 1.72. The Hall–Kier alpha value is -1.23. The summed E-state index contributed by atoms with van der Waals surface area (Å²) in [4.78, 5) is 16.3. The summed E-state index contributed by atoms with van der Waals surface area (Å²) >= 11 is 1.55. The Bertz CT molecular complexity index is 498. The van der Waals surface area contributed by atoms with Crippen molar-refractivity contribution in [1.82, 2.24) is 14.6 Å². The van der Waals surface area contributed by atoms with Crippen LogP contribution in [0, 0.1) is 0 Å². The summed E-state index contributed by atoms with van der Waals surface area (Å²) in [7, 11) is 0. The normalized spacial score (nSPS) is 11.5. The smallest absolute Gasteiger partial charge is 0.213 e. The van der Waals surface area contributed by atoms with E-state index in [1.165, 1.54) is 0 Å². The standard InChI is InChI=1S/C10H13N3OS/c1-4-8-12-13-7(5-14)9(6(2)3)11-10(13)15-8/h5-6H,4H2,1-3H3. The summed E-state index contributed by atoms with van der Waals surface area (Å²) in [5.74, 6) is 0.254. The topological polar surface area (TPSA) is 47.3 Å². The molecule has 0 unspecified atom stereocenters. The fourth-order valence-electron chi connectivity index (χ4n) is 1.50. The Morgan fingerprint density at radius 3 is 2.80 bits per heavy atom. The lowest BCUT2D eigenvalue weighted by Crippen LogP contribution is -1.98. The third kappa shape index (κ3) is 1.56. The first kappa shape index (κ1) is 10.3. The van der Waals surface area contributed by atoms with E-state index >= 15 is 0 Å². The summed E-state index contributed by atoms with van der Waals surface area (Å²) in [6, 6.07) is 0. The Morgan fingerprint density at radius 1 is 1.53 bits per heavy atom. The third-order valence-corrected chi connectivity index (χ3v) is 3.32. The molecule has 0 spiro atoms. The molecule has 0 amide bonds. The van der Waals surface area contributed by atoms with E-state index in [1.54, 1.807) is 15.9 Å². The number of carbonyl (C=O) groups is 1. The molecule has 0 aliphatic heterocycles. The van der Waals surface area contributed by atoms with Gasteiger partial charge in [0.1, 0.15) is 10.7 Å². The largest absolute Gasteiger partial charge is 0.296 e. The minimum atomic E-state index is 0.254. The van der Waals surface area contributed by atoms with Crippen molar-refractivity contribution in [3.63, 3.8) is 0 Å². The van der Waals surface area contributed by atoms with Crippen molar-refractivity contribution in [2.75, 3.05) is 0 Å². The van der Waals surface area contributed by atoms with Crippen LogP contribution in [0.5, 0.6) is 0 Å². The first-order chi connectivity index (χ1) is 7.17. The number of hydrogen-bond acceptors (Lipinski definition) is 4. The first-order valence-corrected chi connectivity index (χ1v) is 5.82. The molecule has 0 aliphatic rings. The van der Waals surface area contributed by atoms with Crippen molar-refractivity contribution in [3.05, 3.63) is 16.4 Å². The monoisotopic (exact) mass is 223 g/mol. The number of aldehydes is 1. The van der Waals surface area contributed by atoms with Crippen LogP contribution in [0.3, 0.4) is 0 Å². The van der Waals surface area contributed by atoms with Crippen molar-refractivity contribution in [2.45, 2.75) is 33.1 Å². The second kappa shape index (κ2) is 3.73. The first-order valence-electron chi connectivity index (χ1n) is 5.00. The molecule has 5 heteroatoms. The fourth-order valence-corrected chi connectivity index (χ4v) is 2.34. The van der Waals surface area contributed by atoms with Gasteiger partial charge in [0.15, 0.2) is 6.29 Å². The van der Waals surface area contributed by atoms with Gasteiger partial charge in [0.05, 0.1) is 5.69 Å². The van der Waals surface area contributed by atoms with Gasteiger partial charge in [-0.05, 0) is 12.3 Å². The Balaban J connectivity index is 2.67. The van der Waals surface area contributed by atoms with Crippen LogP contribution in [-0.2, 0) is 6.42 Å². The maximum atomic E-state index is 11.0. The van der Waals surface area contributed by atoms with Crippen molar-refractivity contribution in [3.8, 4) is 0 Å². The molecule has 2 aromatic rings. The van der Waals surface area contributed by atoms with Crippen molar-refractivity contribution < 1.29 is 4.79 Å². The van der Waals surface area contributed by atoms with Crippen LogP contribution >= 0.6 is 11.3 Å². The number of rotatable bonds is 3. The summed E-state index contributed by atoms with van der Waals surface area (Å²) in [6.45, 7) is 6.10. The second-order valence-corrected chi connectivity index (χ2v) is 4.74. The van der Waals surface area contributed by atoms with Crippen molar-refractivity contribution >= 4 is 22.6 Å².